The van der Waals surface area contributed by atoms with Crippen molar-refractivity contribution in [2.24, 2.45) is 0 Å². The largest absolute Gasteiger partial charge is 0.377 e. The van der Waals surface area contributed by atoms with Gasteiger partial charge in [0, 0.05) is 25.9 Å². The third-order valence-electron chi connectivity index (χ3n) is 2.82. The van der Waals surface area contributed by atoms with Gasteiger partial charge in [-0.25, -0.2) is 9.97 Å². The zero-order chi connectivity index (χ0) is 12.1. The minimum absolute atomic E-state index is 0.253. The summed E-state index contributed by atoms with van der Waals surface area (Å²) >= 11 is 0. The second-order valence-corrected chi connectivity index (χ2v) is 4.02. The fraction of sp³-hybridized carbons (Fsp3) is 0.583. The van der Waals surface area contributed by atoms with Gasteiger partial charge in [-0.05, 0) is 25.8 Å². The van der Waals surface area contributed by atoms with Gasteiger partial charge in [0.2, 0.25) is 5.95 Å². The fourth-order valence-corrected chi connectivity index (χ4v) is 2.05. The predicted molar refractivity (Wildman–Crippen MR) is 63.6 cm³/mol. The number of aromatic nitrogens is 2. The standard InChI is InChI=1S/C12H16N4O/c1-2-17-11-4-3-7-16(9-11)12-14-6-5-10(8-13)15-12/h5-6,11H,2-4,7,9H2,1H3. The van der Waals surface area contributed by atoms with Crippen LogP contribution in [0, 0.1) is 11.3 Å². The molecule has 0 spiro atoms. The van der Waals surface area contributed by atoms with Gasteiger partial charge in [-0.1, -0.05) is 0 Å². The third-order valence-corrected chi connectivity index (χ3v) is 2.82. The number of nitriles is 1. The minimum Gasteiger partial charge on any atom is -0.377 e. The van der Waals surface area contributed by atoms with Crippen molar-refractivity contribution in [1.82, 2.24) is 9.97 Å². The zero-order valence-electron chi connectivity index (χ0n) is 9.96. The summed E-state index contributed by atoms with van der Waals surface area (Å²) < 4.78 is 5.63. The molecule has 1 fully saturated rings. The van der Waals surface area contributed by atoms with Gasteiger partial charge in [0.25, 0.3) is 0 Å². The van der Waals surface area contributed by atoms with Gasteiger partial charge in [-0.2, -0.15) is 5.26 Å². The Morgan fingerprint density at radius 2 is 2.53 bits per heavy atom. The summed E-state index contributed by atoms with van der Waals surface area (Å²) in [5, 5.41) is 8.81. The monoisotopic (exact) mass is 232 g/mol. The first-order chi connectivity index (χ1) is 8.33. The maximum absolute atomic E-state index is 8.81. The summed E-state index contributed by atoms with van der Waals surface area (Å²) in [5.41, 5.74) is 0.411. The highest BCUT2D eigenvalue weighted by Crippen LogP contribution is 2.17. The van der Waals surface area contributed by atoms with Crippen LogP contribution in [0.3, 0.4) is 0 Å². The van der Waals surface area contributed by atoms with E-state index in [0.29, 0.717) is 11.6 Å². The van der Waals surface area contributed by atoms with E-state index in [2.05, 4.69) is 14.9 Å². The molecule has 1 aliphatic heterocycles. The summed E-state index contributed by atoms with van der Waals surface area (Å²) in [6, 6.07) is 3.65. The first-order valence-electron chi connectivity index (χ1n) is 5.93. The molecule has 0 amide bonds. The average Bonchev–Trinajstić information content (AvgIpc) is 2.40. The van der Waals surface area contributed by atoms with E-state index in [9.17, 15) is 0 Å². The number of piperidine rings is 1. The Morgan fingerprint density at radius 3 is 3.29 bits per heavy atom. The molecule has 1 saturated heterocycles. The number of rotatable bonds is 3. The third kappa shape index (κ3) is 2.92. The van der Waals surface area contributed by atoms with E-state index in [1.165, 1.54) is 0 Å². The molecule has 2 heterocycles. The number of ether oxygens (including phenoxy) is 1. The molecule has 1 atom stereocenters. The molecule has 1 unspecified atom stereocenters. The first-order valence-corrected chi connectivity index (χ1v) is 5.93. The van der Waals surface area contributed by atoms with Crippen molar-refractivity contribution in [2.45, 2.75) is 25.9 Å². The molecule has 2 rings (SSSR count). The molecule has 5 nitrogen and oxygen atoms in total. The van der Waals surface area contributed by atoms with E-state index in [-0.39, 0.29) is 6.10 Å². The van der Waals surface area contributed by atoms with Crippen molar-refractivity contribution in [3.63, 3.8) is 0 Å². The van der Waals surface area contributed by atoms with E-state index >= 15 is 0 Å². The molecule has 1 aliphatic rings. The highest BCUT2D eigenvalue weighted by molar-refractivity contribution is 5.34. The Kier molecular flexibility index (Phi) is 3.89. The van der Waals surface area contributed by atoms with Crippen molar-refractivity contribution < 1.29 is 4.74 Å². The zero-order valence-corrected chi connectivity index (χ0v) is 9.96. The SMILES string of the molecule is CCOC1CCCN(c2nccc(C#N)n2)C1. The van der Waals surface area contributed by atoms with E-state index in [4.69, 9.17) is 10.00 Å². The molecule has 0 radical (unpaired) electrons. The molecular weight excluding hydrogens is 216 g/mol. The molecule has 0 aliphatic carbocycles. The Balaban J connectivity index is 2.08. The van der Waals surface area contributed by atoms with Crippen LogP contribution >= 0.6 is 0 Å². The summed E-state index contributed by atoms with van der Waals surface area (Å²) in [6.07, 6.45) is 4.04. The van der Waals surface area contributed by atoms with E-state index in [1.807, 2.05) is 13.0 Å². The Bertz CT molecular complexity index is 413. The first kappa shape index (κ1) is 11.8. The lowest BCUT2D eigenvalue weighted by molar-refractivity contribution is 0.0523. The van der Waals surface area contributed by atoms with Crippen LogP contribution in [0.1, 0.15) is 25.5 Å². The van der Waals surface area contributed by atoms with Gasteiger partial charge < -0.3 is 9.64 Å². The molecule has 90 valence electrons. The lowest BCUT2D eigenvalue weighted by Gasteiger charge is -2.32. The van der Waals surface area contributed by atoms with E-state index < -0.39 is 0 Å². The van der Waals surface area contributed by atoms with Crippen LogP contribution in [0.2, 0.25) is 0 Å². The number of nitrogens with zero attached hydrogens (tertiary/aromatic N) is 4. The quantitative estimate of drug-likeness (QED) is 0.787. The van der Waals surface area contributed by atoms with Crippen molar-refractivity contribution in [2.75, 3.05) is 24.6 Å². The lowest BCUT2D eigenvalue weighted by atomic mass is 10.1. The van der Waals surface area contributed by atoms with Crippen LogP contribution in [0.5, 0.6) is 0 Å². The molecule has 5 heteroatoms. The molecule has 0 bridgehead atoms. The van der Waals surface area contributed by atoms with E-state index in [0.717, 1.165) is 32.5 Å². The summed E-state index contributed by atoms with van der Waals surface area (Å²) in [7, 11) is 0. The molecule has 17 heavy (non-hydrogen) atoms. The van der Waals surface area contributed by atoms with Crippen LogP contribution in [0.15, 0.2) is 12.3 Å². The molecular formula is C12H16N4O. The maximum atomic E-state index is 8.81. The van der Waals surface area contributed by atoms with E-state index in [1.54, 1.807) is 12.3 Å². The normalized spacial score (nSPS) is 20.0. The second-order valence-electron chi connectivity index (χ2n) is 4.02. The van der Waals surface area contributed by atoms with Gasteiger partial charge in [-0.3, -0.25) is 0 Å². The van der Waals surface area contributed by atoms with Crippen LogP contribution in [-0.4, -0.2) is 35.8 Å². The minimum atomic E-state index is 0.253. The average molecular weight is 232 g/mol. The topological polar surface area (TPSA) is 62.0 Å². The lowest BCUT2D eigenvalue weighted by Crippen LogP contribution is -2.40. The van der Waals surface area contributed by atoms with Crippen molar-refractivity contribution >= 4 is 5.95 Å². The second kappa shape index (κ2) is 5.60. The Labute approximate surface area is 101 Å². The smallest absolute Gasteiger partial charge is 0.226 e. The van der Waals surface area contributed by atoms with Gasteiger partial charge >= 0.3 is 0 Å². The number of hydrogen-bond acceptors (Lipinski definition) is 5. The van der Waals surface area contributed by atoms with Gasteiger partial charge in [0.05, 0.1) is 6.10 Å². The Morgan fingerprint density at radius 1 is 1.65 bits per heavy atom. The van der Waals surface area contributed by atoms with Crippen molar-refractivity contribution in [3.8, 4) is 6.07 Å². The highest BCUT2D eigenvalue weighted by atomic mass is 16.5. The van der Waals surface area contributed by atoms with Crippen LogP contribution in [0.25, 0.3) is 0 Å². The van der Waals surface area contributed by atoms with Crippen molar-refractivity contribution in [1.29, 1.82) is 5.26 Å². The van der Waals surface area contributed by atoms with Crippen LogP contribution in [0.4, 0.5) is 5.95 Å². The van der Waals surface area contributed by atoms with Crippen LogP contribution < -0.4 is 4.90 Å². The molecule has 0 N–H and O–H groups in total. The molecule has 1 aromatic heterocycles. The van der Waals surface area contributed by atoms with Gasteiger partial charge in [0.1, 0.15) is 11.8 Å². The summed E-state index contributed by atoms with van der Waals surface area (Å²) in [6.45, 7) is 4.48. The highest BCUT2D eigenvalue weighted by Gasteiger charge is 2.21. The number of anilines is 1. The van der Waals surface area contributed by atoms with Gasteiger partial charge in [0.15, 0.2) is 0 Å². The summed E-state index contributed by atoms with van der Waals surface area (Å²) in [4.78, 5) is 10.5. The molecule has 0 aromatic carbocycles. The predicted octanol–water partition coefficient (Wildman–Crippen LogP) is 1.35. The fourth-order valence-electron chi connectivity index (χ4n) is 2.05. The molecule has 0 saturated carbocycles. The van der Waals surface area contributed by atoms with Gasteiger partial charge in [-0.15, -0.1) is 0 Å². The molecule has 1 aromatic rings. The maximum Gasteiger partial charge on any atom is 0.226 e. The summed E-state index contributed by atoms with van der Waals surface area (Å²) in [5.74, 6) is 0.633. The number of hydrogen-bond donors (Lipinski definition) is 0. The Hall–Kier alpha value is -1.67. The van der Waals surface area contributed by atoms with Crippen LogP contribution in [-0.2, 0) is 4.74 Å². The van der Waals surface area contributed by atoms with Crippen molar-refractivity contribution in [3.05, 3.63) is 18.0 Å².